The van der Waals surface area contributed by atoms with Gasteiger partial charge < -0.3 is 0 Å². The Bertz CT molecular complexity index is 304. The normalized spacial score (nSPS) is 13.1. The van der Waals surface area contributed by atoms with E-state index in [1.54, 1.807) is 0 Å². The van der Waals surface area contributed by atoms with Crippen molar-refractivity contribution < 1.29 is 8.22 Å². The van der Waals surface area contributed by atoms with Gasteiger partial charge in [0.25, 0.3) is 0 Å². The Kier molecular flexibility index (Phi) is 5.26. The van der Waals surface area contributed by atoms with E-state index in [1.807, 2.05) is 31.2 Å². The van der Waals surface area contributed by atoms with E-state index in [0.717, 1.165) is 11.1 Å². The van der Waals surface area contributed by atoms with Crippen molar-refractivity contribution >= 4 is 21.1 Å². The molecule has 0 fully saturated rings. The lowest BCUT2D eigenvalue weighted by atomic mass is 9.94. The van der Waals surface area contributed by atoms with Crippen LogP contribution in [0.3, 0.4) is 0 Å². The van der Waals surface area contributed by atoms with Crippen LogP contribution >= 0.6 is 11.6 Å². The van der Waals surface area contributed by atoms with Crippen molar-refractivity contribution in [3.63, 3.8) is 0 Å². The van der Waals surface area contributed by atoms with Crippen molar-refractivity contribution in [3.05, 3.63) is 35.4 Å². The van der Waals surface area contributed by atoms with Crippen molar-refractivity contribution in [2.24, 2.45) is 0 Å². The predicted molar refractivity (Wildman–Crippen MR) is 63.2 cm³/mol. The zero-order chi connectivity index (χ0) is 11.3. The average molecular weight is 249 g/mol. The van der Waals surface area contributed by atoms with E-state index in [4.69, 9.17) is 11.6 Å². The van der Waals surface area contributed by atoms with Gasteiger partial charge in [0.05, 0.1) is 0 Å². The molecule has 0 spiro atoms. The second kappa shape index (κ2) is 6.23. The summed E-state index contributed by atoms with van der Waals surface area (Å²) in [7, 11) is -3.41. The van der Waals surface area contributed by atoms with Gasteiger partial charge in [-0.2, -0.15) is 0 Å². The van der Waals surface area contributed by atoms with Crippen molar-refractivity contribution in [3.8, 4) is 0 Å². The molecular formula is C11H15ClF2Si. The molecule has 1 aromatic carbocycles. The Labute approximate surface area is 96.2 Å². The van der Waals surface area contributed by atoms with Crippen LogP contribution in [0.5, 0.6) is 0 Å². The smallest absolute Gasteiger partial charge is 0.275 e. The number of rotatable bonds is 5. The molecule has 4 heteroatoms. The number of alkyl halides is 1. The molecule has 1 unspecified atom stereocenters. The molecule has 0 amide bonds. The van der Waals surface area contributed by atoms with Crippen LogP contribution < -0.4 is 0 Å². The van der Waals surface area contributed by atoms with Crippen LogP contribution in [0.2, 0.25) is 6.04 Å². The average Bonchev–Trinajstić information content (AvgIpc) is 2.25. The van der Waals surface area contributed by atoms with E-state index < -0.39 is 9.46 Å². The van der Waals surface area contributed by atoms with Crippen LogP contribution in [0.15, 0.2) is 24.3 Å². The molecule has 0 aliphatic rings. The fraction of sp³-hybridized carbons (Fsp3) is 0.455. The van der Waals surface area contributed by atoms with Gasteiger partial charge in [-0.05, 0) is 29.5 Å². The first-order valence-electron chi connectivity index (χ1n) is 5.07. The summed E-state index contributed by atoms with van der Waals surface area (Å²) in [4.78, 5) is 0. The second-order valence-electron chi connectivity index (χ2n) is 3.70. The maximum atomic E-state index is 12.2. The quantitative estimate of drug-likeness (QED) is 0.419. The minimum absolute atomic E-state index is 0.0950. The van der Waals surface area contributed by atoms with Gasteiger partial charge in [-0.15, -0.1) is 11.6 Å². The third-order valence-electron chi connectivity index (χ3n) is 2.55. The Morgan fingerprint density at radius 2 is 2.00 bits per heavy atom. The zero-order valence-electron chi connectivity index (χ0n) is 8.72. The molecule has 0 radical (unpaired) electrons. The number of benzene rings is 1. The monoisotopic (exact) mass is 248 g/mol. The molecule has 0 heterocycles. The molecule has 0 N–H and O–H groups in total. The SMILES string of the molecule is CC(CC[SiH](F)F)c1ccccc1CCl. The molecule has 84 valence electrons. The third kappa shape index (κ3) is 3.91. The molecule has 15 heavy (non-hydrogen) atoms. The highest BCUT2D eigenvalue weighted by Gasteiger charge is 2.14. The first-order valence-corrected chi connectivity index (χ1v) is 7.29. The topological polar surface area (TPSA) is 0 Å². The van der Waals surface area contributed by atoms with Gasteiger partial charge in [0.2, 0.25) is 0 Å². The minimum atomic E-state index is -3.41. The lowest BCUT2D eigenvalue weighted by molar-refractivity contribution is 0.618. The predicted octanol–water partition coefficient (Wildman–Crippen LogP) is 4.08. The molecule has 0 saturated heterocycles. The van der Waals surface area contributed by atoms with E-state index in [1.165, 1.54) is 0 Å². The first kappa shape index (κ1) is 12.7. The summed E-state index contributed by atoms with van der Waals surface area (Å²) >= 11 is 5.80. The van der Waals surface area contributed by atoms with Crippen molar-refractivity contribution in [1.29, 1.82) is 0 Å². The van der Waals surface area contributed by atoms with E-state index in [-0.39, 0.29) is 12.0 Å². The minimum Gasteiger partial charge on any atom is -0.275 e. The lowest BCUT2D eigenvalue weighted by Crippen LogP contribution is -2.02. The highest BCUT2D eigenvalue weighted by atomic mass is 35.5. The van der Waals surface area contributed by atoms with E-state index in [9.17, 15) is 8.22 Å². The molecule has 0 aromatic heterocycles. The lowest BCUT2D eigenvalue weighted by Gasteiger charge is -2.14. The second-order valence-corrected chi connectivity index (χ2v) is 5.33. The number of hydrogen-bond donors (Lipinski definition) is 0. The molecule has 1 aromatic rings. The summed E-state index contributed by atoms with van der Waals surface area (Å²) in [5.41, 5.74) is 2.17. The Balaban J connectivity index is 2.68. The number of halogens is 3. The van der Waals surface area contributed by atoms with E-state index >= 15 is 0 Å². The Hall–Kier alpha value is -0.413. The van der Waals surface area contributed by atoms with Gasteiger partial charge in [0, 0.05) is 5.88 Å². The molecule has 0 aliphatic heterocycles. The number of hydrogen-bond acceptors (Lipinski definition) is 0. The molecule has 0 aliphatic carbocycles. The van der Waals surface area contributed by atoms with Gasteiger partial charge in [-0.3, -0.25) is 8.22 Å². The van der Waals surface area contributed by atoms with Gasteiger partial charge in [-0.25, -0.2) is 0 Å². The summed E-state index contributed by atoms with van der Waals surface area (Å²) in [6.07, 6.45) is 0.567. The van der Waals surface area contributed by atoms with Gasteiger partial charge in [0.15, 0.2) is 0 Å². The first-order chi connectivity index (χ1) is 7.15. The summed E-state index contributed by atoms with van der Waals surface area (Å²) in [6, 6.07) is 7.89. The molecule has 1 atom stereocenters. The van der Waals surface area contributed by atoms with Crippen LogP contribution in [-0.4, -0.2) is 9.46 Å². The van der Waals surface area contributed by atoms with Crippen LogP contribution in [-0.2, 0) is 5.88 Å². The van der Waals surface area contributed by atoms with Crippen LogP contribution in [0.4, 0.5) is 8.22 Å². The summed E-state index contributed by atoms with van der Waals surface area (Å²) in [6.45, 7) is 1.99. The maximum absolute atomic E-state index is 12.2. The Morgan fingerprint density at radius 1 is 1.33 bits per heavy atom. The fourth-order valence-electron chi connectivity index (χ4n) is 1.67. The van der Waals surface area contributed by atoms with Crippen molar-refractivity contribution in [2.45, 2.75) is 31.2 Å². The maximum Gasteiger partial charge on any atom is 0.411 e. The summed E-state index contributed by atoms with van der Waals surface area (Å²) in [5, 5.41) is 0. The van der Waals surface area contributed by atoms with Gasteiger partial charge >= 0.3 is 9.46 Å². The highest BCUT2D eigenvalue weighted by molar-refractivity contribution is 6.42. The molecule has 0 saturated carbocycles. The van der Waals surface area contributed by atoms with Gasteiger partial charge in [-0.1, -0.05) is 31.2 Å². The third-order valence-corrected chi connectivity index (χ3v) is 3.61. The fourth-order valence-corrected chi connectivity index (χ4v) is 2.66. The van der Waals surface area contributed by atoms with Crippen molar-refractivity contribution in [1.82, 2.24) is 0 Å². The van der Waals surface area contributed by atoms with Crippen molar-refractivity contribution in [2.75, 3.05) is 0 Å². The zero-order valence-corrected chi connectivity index (χ0v) is 10.6. The molecule has 0 nitrogen and oxygen atoms in total. The van der Waals surface area contributed by atoms with Crippen LogP contribution in [0.1, 0.15) is 30.4 Å². The summed E-state index contributed by atoms with van der Waals surface area (Å²) < 4.78 is 24.4. The standard InChI is InChI=1S/C11H15ClF2Si/c1-9(6-7-15(13)14)11-5-3-2-4-10(11)8-12/h2-5,9,15H,6-8H2,1H3. The molecular weight excluding hydrogens is 234 g/mol. The van der Waals surface area contributed by atoms with E-state index in [0.29, 0.717) is 12.3 Å². The highest BCUT2D eigenvalue weighted by Crippen LogP contribution is 2.26. The largest absolute Gasteiger partial charge is 0.411 e. The van der Waals surface area contributed by atoms with Gasteiger partial charge in [0.1, 0.15) is 0 Å². The Morgan fingerprint density at radius 3 is 2.60 bits per heavy atom. The van der Waals surface area contributed by atoms with Crippen LogP contribution in [0, 0.1) is 0 Å². The molecule has 0 bridgehead atoms. The van der Waals surface area contributed by atoms with E-state index in [2.05, 4.69) is 0 Å². The molecule has 1 rings (SSSR count). The van der Waals surface area contributed by atoms with Crippen LogP contribution in [0.25, 0.3) is 0 Å². The summed E-state index contributed by atoms with van der Waals surface area (Å²) in [5.74, 6) is 0.633.